The fraction of sp³-hybridized carbons (Fsp3) is 0.462. The highest BCUT2D eigenvalue weighted by molar-refractivity contribution is 7.98. The first-order valence-corrected chi connectivity index (χ1v) is 8.74. The van der Waals surface area contributed by atoms with Crippen LogP contribution in [-0.4, -0.2) is 37.8 Å². The molecule has 1 aromatic rings. The molecule has 0 saturated carbocycles. The van der Waals surface area contributed by atoms with Crippen LogP contribution in [0.4, 0.5) is 0 Å². The Bertz CT molecular complexity index is 564. The Morgan fingerprint density at radius 2 is 2.16 bits per heavy atom. The van der Waals surface area contributed by atoms with Crippen molar-refractivity contribution in [3.8, 4) is 6.07 Å². The molecule has 1 aromatic carbocycles. The van der Waals surface area contributed by atoms with E-state index in [2.05, 4.69) is 0 Å². The fourth-order valence-electron chi connectivity index (χ4n) is 1.60. The molecule has 0 saturated heterocycles. The average molecular weight is 298 g/mol. The maximum atomic E-state index is 12.4. The second kappa shape index (κ2) is 6.94. The number of benzene rings is 1. The molecule has 0 aliphatic heterocycles. The smallest absolute Gasteiger partial charge is 0.207 e. The molecule has 0 fully saturated rings. The normalized spacial score (nSPS) is 13.2. The first-order valence-electron chi connectivity index (χ1n) is 5.90. The van der Waals surface area contributed by atoms with Crippen molar-refractivity contribution in [3.05, 3.63) is 29.8 Å². The molecule has 19 heavy (non-hydrogen) atoms. The lowest BCUT2D eigenvalue weighted by molar-refractivity contribution is 0.382. The molecule has 0 spiro atoms. The summed E-state index contributed by atoms with van der Waals surface area (Å²) < 4.78 is 26.2. The highest BCUT2D eigenvalue weighted by atomic mass is 32.2. The van der Waals surface area contributed by atoms with Gasteiger partial charge in [0, 0.05) is 13.1 Å². The topological polar surface area (TPSA) is 61.2 Å². The number of rotatable bonds is 6. The van der Waals surface area contributed by atoms with Gasteiger partial charge in [-0.2, -0.15) is 21.3 Å². The highest BCUT2D eigenvalue weighted by Gasteiger charge is 2.25. The molecule has 0 N–H and O–H groups in total. The van der Waals surface area contributed by atoms with Crippen LogP contribution in [0.15, 0.2) is 29.2 Å². The molecule has 0 heterocycles. The number of sulfonamides is 1. The van der Waals surface area contributed by atoms with Crippen molar-refractivity contribution in [1.29, 1.82) is 5.26 Å². The van der Waals surface area contributed by atoms with Gasteiger partial charge in [-0.15, -0.1) is 0 Å². The van der Waals surface area contributed by atoms with Crippen LogP contribution in [0, 0.1) is 11.3 Å². The Morgan fingerprint density at radius 1 is 1.47 bits per heavy atom. The van der Waals surface area contributed by atoms with Gasteiger partial charge in [0.25, 0.3) is 0 Å². The number of hydrogen-bond donors (Lipinski definition) is 0. The first kappa shape index (κ1) is 16.0. The second-order valence-electron chi connectivity index (χ2n) is 4.29. The molecule has 0 aromatic heterocycles. The zero-order valence-electron chi connectivity index (χ0n) is 11.3. The van der Waals surface area contributed by atoms with Crippen LogP contribution in [0.5, 0.6) is 0 Å². The monoisotopic (exact) mass is 298 g/mol. The Hall–Kier alpha value is -1.03. The molecular weight excluding hydrogens is 280 g/mol. The van der Waals surface area contributed by atoms with Crippen molar-refractivity contribution >= 4 is 21.8 Å². The van der Waals surface area contributed by atoms with Gasteiger partial charge in [-0.05, 0) is 43.6 Å². The third-order valence-corrected chi connectivity index (χ3v) is 5.61. The molecule has 0 aliphatic carbocycles. The molecule has 6 heteroatoms. The van der Waals surface area contributed by atoms with Crippen molar-refractivity contribution in [2.45, 2.75) is 24.3 Å². The number of thioether (sulfide) groups is 1. The molecule has 4 nitrogen and oxygen atoms in total. The minimum absolute atomic E-state index is 0.0665. The predicted molar refractivity (Wildman–Crippen MR) is 78.6 cm³/mol. The summed E-state index contributed by atoms with van der Waals surface area (Å²) in [7, 11) is -1.95. The Kier molecular flexibility index (Phi) is 5.85. The maximum absolute atomic E-state index is 12.4. The van der Waals surface area contributed by atoms with E-state index in [1.165, 1.54) is 16.4 Å². The summed E-state index contributed by atoms with van der Waals surface area (Å²) in [6.45, 7) is 1.89. The quantitative estimate of drug-likeness (QED) is 0.808. The zero-order chi connectivity index (χ0) is 14.5. The lowest BCUT2D eigenvalue weighted by Crippen LogP contribution is -2.35. The minimum Gasteiger partial charge on any atom is -0.207 e. The lowest BCUT2D eigenvalue weighted by Gasteiger charge is -2.24. The standard InChI is InChI=1S/C13H18N2O2S2/c1-11(7-8-18-3)15(2)19(16,17)13-6-4-5-12(9-13)10-14/h4-6,9,11H,7-8H2,1-3H3. The van der Waals surface area contributed by atoms with Crippen LogP contribution in [0.1, 0.15) is 18.9 Å². The van der Waals surface area contributed by atoms with Crippen LogP contribution in [0.2, 0.25) is 0 Å². The number of nitrogens with zero attached hydrogens (tertiary/aromatic N) is 2. The molecule has 0 amide bonds. The number of nitriles is 1. The molecule has 1 atom stereocenters. The Balaban J connectivity index is 2.99. The van der Waals surface area contributed by atoms with Crippen molar-refractivity contribution in [3.63, 3.8) is 0 Å². The molecule has 1 rings (SSSR count). The van der Waals surface area contributed by atoms with Gasteiger partial charge in [-0.1, -0.05) is 6.07 Å². The van der Waals surface area contributed by atoms with E-state index in [0.717, 1.165) is 12.2 Å². The van der Waals surface area contributed by atoms with Gasteiger partial charge < -0.3 is 0 Å². The summed E-state index contributed by atoms with van der Waals surface area (Å²) >= 11 is 1.70. The second-order valence-corrected chi connectivity index (χ2v) is 7.27. The van der Waals surface area contributed by atoms with Crippen molar-refractivity contribution < 1.29 is 8.42 Å². The maximum Gasteiger partial charge on any atom is 0.243 e. The van der Waals surface area contributed by atoms with E-state index in [-0.39, 0.29) is 10.9 Å². The third-order valence-electron chi connectivity index (χ3n) is 3.00. The van der Waals surface area contributed by atoms with Crippen molar-refractivity contribution in [2.24, 2.45) is 0 Å². The summed E-state index contributed by atoms with van der Waals surface area (Å²) in [5.74, 6) is 0.916. The van der Waals surface area contributed by atoms with E-state index in [1.807, 2.05) is 19.2 Å². The van der Waals surface area contributed by atoms with Crippen LogP contribution in [-0.2, 0) is 10.0 Å². The van der Waals surface area contributed by atoms with E-state index in [4.69, 9.17) is 5.26 Å². The first-order chi connectivity index (χ1) is 8.93. The SMILES string of the molecule is CSCCC(C)N(C)S(=O)(=O)c1cccc(C#N)c1. The number of hydrogen-bond acceptors (Lipinski definition) is 4. The van der Waals surface area contributed by atoms with Gasteiger partial charge in [0.1, 0.15) is 0 Å². The Labute approximate surface area is 119 Å². The molecule has 0 bridgehead atoms. The van der Waals surface area contributed by atoms with Gasteiger partial charge in [0.2, 0.25) is 10.0 Å². The lowest BCUT2D eigenvalue weighted by atomic mass is 10.2. The van der Waals surface area contributed by atoms with Crippen molar-refractivity contribution in [1.82, 2.24) is 4.31 Å². The average Bonchev–Trinajstić information content (AvgIpc) is 2.43. The van der Waals surface area contributed by atoms with E-state index in [9.17, 15) is 8.42 Å². The van der Waals surface area contributed by atoms with Gasteiger partial charge in [0.05, 0.1) is 16.5 Å². The third kappa shape index (κ3) is 3.96. The predicted octanol–water partition coefficient (Wildman–Crippen LogP) is 2.32. The van der Waals surface area contributed by atoms with Gasteiger partial charge >= 0.3 is 0 Å². The van der Waals surface area contributed by atoms with Gasteiger partial charge in [-0.3, -0.25) is 0 Å². The van der Waals surface area contributed by atoms with Crippen LogP contribution < -0.4 is 0 Å². The molecule has 0 aliphatic rings. The van der Waals surface area contributed by atoms with E-state index < -0.39 is 10.0 Å². The van der Waals surface area contributed by atoms with E-state index in [0.29, 0.717) is 5.56 Å². The van der Waals surface area contributed by atoms with Gasteiger partial charge in [0.15, 0.2) is 0 Å². The van der Waals surface area contributed by atoms with Crippen molar-refractivity contribution in [2.75, 3.05) is 19.1 Å². The molecule has 0 radical (unpaired) electrons. The van der Waals surface area contributed by atoms with E-state index in [1.54, 1.807) is 30.9 Å². The molecule has 104 valence electrons. The van der Waals surface area contributed by atoms with Gasteiger partial charge in [-0.25, -0.2) is 8.42 Å². The molecule has 1 unspecified atom stereocenters. The summed E-state index contributed by atoms with van der Waals surface area (Å²) in [5.41, 5.74) is 0.353. The van der Waals surface area contributed by atoms with E-state index >= 15 is 0 Å². The fourth-order valence-corrected chi connectivity index (χ4v) is 3.61. The van der Waals surface area contributed by atoms with Crippen LogP contribution in [0.3, 0.4) is 0 Å². The van der Waals surface area contributed by atoms with Crippen LogP contribution >= 0.6 is 11.8 Å². The summed E-state index contributed by atoms with van der Waals surface area (Å²) in [6, 6.07) is 8.00. The zero-order valence-corrected chi connectivity index (χ0v) is 13.0. The minimum atomic E-state index is -3.53. The Morgan fingerprint density at radius 3 is 2.74 bits per heavy atom. The molecular formula is C13H18N2O2S2. The summed E-state index contributed by atoms with van der Waals surface area (Å²) in [4.78, 5) is 0.171. The van der Waals surface area contributed by atoms with Crippen LogP contribution in [0.25, 0.3) is 0 Å². The highest BCUT2D eigenvalue weighted by Crippen LogP contribution is 2.19. The summed E-state index contributed by atoms with van der Waals surface area (Å²) in [6.07, 6.45) is 2.80. The summed E-state index contributed by atoms with van der Waals surface area (Å²) in [5, 5.41) is 8.83. The largest absolute Gasteiger partial charge is 0.243 e.